The van der Waals surface area contributed by atoms with Gasteiger partial charge in [0.1, 0.15) is 6.04 Å². The molecule has 0 radical (unpaired) electrons. The number of hydrogen-bond acceptors (Lipinski definition) is 5. The van der Waals surface area contributed by atoms with Crippen molar-refractivity contribution in [3.8, 4) is 17.6 Å². The minimum absolute atomic E-state index is 0.0185. The van der Waals surface area contributed by atoms with Gasteiger partial charge in [0.05, 0.1) is 25.9 Å². The maximum Gasteiger partial charge on any atom is 0.161 e. The first-order valence-corrected chi connectivity index (χ1v) is 7.28. The lowest BCUT2D eigenvalue weighted by atomic mass is 10.1. The van der Waals surface area contributed by atoms with Crippen molar-refractivity contribution < 1.29 is 14.6 Å². The van der Waals surface area contributed by atoms with Crippen LogP contribution in [0.5, 0.6) is 11.5 Å². The monoisotopic (exact) mass is 292 g/mol. The van der Waals surface area contributed by atoms with Crippen molar-refractivity contribution in [2.45, 2.75) is 26.3 Å². The molecular weight excluding hydrogens is 268 g/mol. The molecule has 1 aromatic rings. The summed E-state index contributed by atoms with van der Waals surface area (Å²) in [6.45, 7) is 5.59. The van der Waals surface area contributed by atoms with E-state index in [0.29, 0.717) is 31.3 Å². The number of aliphatic hydroxyl groups excluding tert-OH is 1. The van der Waals surface area contributed by atoms with Crippen molar-refractivity contribution in [2.24, 2.45) is 0 Å². The van der Waals surface area contributed by atoms with Gasteiger partial charge in [-0.1, -0.05) is 13.0 Å². The number of rotatable bonds is 9. The van der Waals surface area contributed by atoms with Crippen LogP contribution in [0, 0.1) is 11.3 Å². The normalized spacial score (nSPS) is 12.0. The molecule has 0 amide bonds. The van der Waals surface area contributed by atoms with Crippen LogP contribution in [0.15, 0.2) is 18.2 Å². The Labute approximate surface area is 126 Å². The fraction of sp³-hybridized carbons (Fsp3) is 0.562. The minimum Gasteiger partial charge on any atom is -0.490 e. The molecule has 0 aliphatic rings. The van der Waals surface area contributed by atoms with E-state index in [2.05, 4.69) is 6.07 Å². The fourth-order valence-corrected chi connectivity index (χ4v) is 2.01. The van der Waals surface area contributed by atoms with E-state index in [9.17, 15) is 5.26 Å². The Hall–Kier alpha value is -1.77. The average molecular weight is 292 g/mol. The lowest BCUT2D eigenvalue weighted by Gasteiger charge is -2.22. The van der Waals surface area contributed by atoms with E-state index in [0.717, 1.165) is 12.0 Å². The van der Waals surface area contributed by atoms with Crippen molar-refractivity contribution in [3.05, 3.63) is 23.8 Å². The molecule has 0 aliphatic heterocycles. The second-order valence-electron chi connectivity index (χ2n) is 4.72. The molecule has 116 valence electrons. The van der Waals surface area contributed by atoms with E-state index >= 15 is 0 Å². The first-order chi connectivity index (χ1) is 10.2. The molecule has 21 heavy (non-hydrogen) atoms. The molecule has 1 aromatic carbocycles. The summed E-state index contributed by atoms with van der Waals surface area (Å²) in [6, 6.07) is 7.39. The maximum atomic E-state index is 9.36. The van der Waals surface area contributed by atoms with E-state index in [1.54, 1.807) is 4.90 Å². The molecule has 0 saturated heterocycles. The second kappa shape index (κ2) is 9.22. The third kappa shape index (κ3) is 4.92. The first-order valence-electron chi connectivity index (χ1n) is 7.28. The van der Waals surface area contributed by atoms with Crippen molar-refractivity contribution in [1.29, 1.82) is 5.26 Å². The third-order valence-electron chi connectivity index (χ3n) is 3.06. The lowest BCUT2D eigenvalue weighted by Crippen LogP contribution is -2.26. The van der Waals surface area contributed by atoms with E-state index in [-0.39, 0.29) is 6.61 Å². The Kier molecular flexibility index (Phi) is 7.59. The number of aliphatic hydroxyl groups is 1. The minimum atomic E-state index is -0.420. The Morgan fingerprint density at radius 3 is 2.62 bits per heavy atom. The highest BCUT2D eigenvalue weighted by atomic mass is 16.5. The molecule has 0 bridgehead atoms. The molecular formula is C16H24N2O3. The number of nitrogens with zero attached hydrogens (tertiary/aromatic N) is 2. The van der Waals surface area contributed by atoms with Crippen LogP contribution in [0.4, 0.5) is 0 Å². The lowest BCUT2D eigenvalue weighted by molar-refractivity contribution is 0.202. The highest BCUT2D eigenvalue weighted by Gasteiger charge is 2.18. The van der Waals surface area contributed by atoms with Crippen molar-refractivity contribution in [1.82, 2.24) is 4.90 Å². The van der Waals surface area contributed by atoms with Crippen LogP contribution in [0.25, 0.3) is 0 Å². The summed E-state index contributed by atoms with van der Waals surface area (Å²) in [7, 11) is 1.81. The average Bonchev–Trinajstić information content (AvgIpc) is 2.48. The number of likely N-dealkylation sites (N-methyl/N-ethyl adjacent to an activating group) is 1. The number of nitriles is 1. The van der Waals surface area contributed by atoms with Gasteiger partial charge in [-0.2, -0.15) is 5.26 Å². The standard InChI is InChI=1S/C16H24N2O3/c1-4-10-21-15-7-6-13(11-16(15)20-5-2)14(12-17)18(3)8-9-19/h6-7,11,14,19H,4-5,8-10H2,1-3H3. The topological polar surface area (TPSA) is 65.7 Å². The van der Waals surface area contributed by atoms with E-state index in [1.165, 1.54) is 0 Å². The molecule has 1 N–H and O–H groups in total. The molecule has 1 rings (SSSR count). The molecule has 0 aliphatic carbocycles. The summed E-state index contributed by atoms with van der Waals surface area (Å²) in [5.74, 6) is 1.35. The second-order valence-corrected chi connectivity index (χ2v) is 4.72. The van der Waals surface area contributed by atoms with Gasteiger partial charge >= 0.3 is 0 Å². The van der Waals surface area contributed by atoms with E-state index < -0.39 is 6.04 Å². The molecule has 5 heteroatoms. The van der Waals surface area contributed by atoms with Gasteiger partial charge < -0.3 is 14.6 Å². The Morgan fingerprint density at radius 1 is 1.29 bits per heavy atom. The van der Waals surface area contributed by atoms with Crippen LogP contribution >= 0.6 is 0 Å². The molecule has 1 unspecified atom stereocenters. The van der Waals surface area contributed by atoms with Gasteiger partial charge in [-0.25, -0.2) is 0 Å². The van der Waals surface area contributed by atoms with Crippen LogP contribution < -0.4 is 9.47 Å². The summed E-state index contributed by atoms with van der Waals surface area (Å²) < 4.78 is 11.3. The predicted molar refractivity (Wildman–Crippen MR) is 81.5 cm³/mol. The van der Waals surface area contributed by atoms with Gasteiger partial charge in [0.15, 0.2) is 11.5 Å². The van der Waals surface area contributed by atoms with E-state index in [1.807, 2.05) is 39.1 Å². The number of ether oxygens (including phenoxy) is 2. The van der Waals surface area contributed by atoms with Crippen molar-refractivity contribution >= 4 is 0 Å². The molecule has 0 spiro atoms. The van der Waals surface area contributed by atoms with Gasteiger partial charge in [-0.15, -0.1) is 0 Å². The molecule has 5 nitrogen and oxygen atoms in total. The zero-order valence-corrected chi connectivity index (χ0v) is 13.0. The summed E-state index contributed by atoms with van der Waals surface area (Å²) >= 11 is 0. The van der Waals surface area contributed by atoms with Crippen molar-refractivity contribution in [2.75, 3.05) is 33.4 Å². The third-order valence-corrected chi connectivity index (χ3v) is 3.06. The maximum absolute atomic E-state index is 9.36. The van der Waals surface area contributed by atoms with Gasteiger partial charge in [-0.05, 0) is 38.1 Å². The number of hydrogen-bond donors (Lipinski definition) is 1. The number of benzene rings is 1. The van der Waals surface area contributed by atoms with Gasteiger partial charge in [0, 0.05) is 6.54 Å². The molecule has 0 heterocycles. The van der Waals surface area contributed by atoms with Crippen LogP contribution in [-0.2, 0) is 0 Å². The predicted octanol–water partition coefficient (Wildman–Crippen LogP) is 2.36. The summed E-state index contributed by atoms with van der Waals surface area (Å²) in [4.78, 5) is 1.80. The largest absolute Gasteiger partial charge is 0.490 e. The molecule has 0 fully saturated rings. The smallest absolute Gasteiger partial charge is 0.161 e. The van der Waals surface area contributed by atoms with Crippen molar-refractivity contribution in [3.63, 3.8) is 0 Å². The summed E-state index contributed by atoms with van der Waals surface area (Å²) in [5.41, 5.74) is 0.834. The van der Waals surface area contributed by atoms with Gasteiger partial charge in [0.25, 0.3) is 0 Å². The Balaban J connectivity index is 3.02. The molecule has 0 aromatic heterocycles. The SMILES string of the molecule is CCCOc1ccc(C(C#N)N(C)CCO)cc1OCC. The van der Waals surface area contributed by atoms with Crippen LogP contribution in [-0.4, -0.2) is 43.4 Å². The Bertz CT molecular complexity index is 471. The highest BCUT2D eigenvalue weighted by Crippen LogP contribution is 2.32. The van der Waals surface area contributed by atoms with Gasteiger partial charge in [0.2, 0.25) is 0 Å². The first kappa shape index (κ1) is 17.3. The highest BCUT2D eigenvalue weighted by molar-refractivity contribution is 5.45. The zero-order chi connectivity index (χ0) is 15.7. The Morgan fingerprint density at radius 2 is 2.05 bits per heavy atom. The van der Waals surface area contributed by atoms with Crippen LogP contribution in [0.2, 0.25) is 0 Å². The summed E-state index contributed by atoms with van der Waals surface area (Å²) in [6.07, 6.45) is 0.924. The van der Waals surface area contributed by atoms with Crippen LogP contribution in [0.3, 0.4) is 0 Å². The van der Waals surface area contributed by atoms with Gasteiger partial charge in [-0.3, -0.25) is 4.90 Å². The van der Waals surface area contributed by atoms with Crippen LogP contribution in [0.1, 0.15) is 31.9 Å². The molecule has 1 atom stereocenters. The quantitative estimate of drug-likeness (QED) is 0.757. The fourth-order valence-electron chi connectivity index (χ4n) is 2.01. The summed E-state index contributed by atoms with van der Waals surface area (Å²) in [5, 5.41) is 18.4. The molecule has 0 saturated carbocycles. The zero-order valence-electron chi connectivity index (χ0n) is 13.0. The van der Waals surface area contributed by atoms with E-state index in [4.69, 9.17) is 14.6 Å².